The summed E-state index contributed by atoms with van der Waals surface area (Å²) >= 11 is 0. The zero-order valence-corrected chi connectivity index (χ0v) is 15.8. The van der Waals surface area contributed by atoms with Gasteiger partial charge in [-0.3, -0.25) is 15.0 Å². The number of amides is 1. The van der Waals surface area contributed by atoms with Gasteiger partial charge >= 0.3 is 0 Å². The van der Waals surface area contributed by atoms with Crippen molar-refractivity contribution in [1.29, 1.82) is 0 Å². The van der Waals surface area contributed by atoms with Gasteiger partial charge in [0.05, 0.1) is 11.2 Å². The molecule has 142 valence electrons. The molecule has 2 N–H and O–H groups in total. The summed E-state index contributed by atoms with van der Waals surface area (Å²) in [5, 5.41) is 15.4. The summed E-state index contributed by atoms with van der Waals surface area (Å²) in [6.45, 7) is 1.41. The molecule has 2 aromatic heterocycles. The van der Waals surface area contributed by atoms with E-state index in [1.54, 1.807) is 4.90 Å². The number of carbonyl (C=O) groups excluding carboxylic acids is 1. The maximum Gasteiger partial charge on any atom is 0.214 e. The number of benzene rings is 2. The Balaban J connectivity index is 1.72. The molecule has 0 saturated heterocycles. The number of hydrogen-bond acceptors (Lipinski definition) is 5. The summed E-state index contributed by atoms with van der Waals surface area (Å²) in [6, 6.07) is 13.8. The normalized spacial score (nSPS) is 11.2. The minimum Gasteiger partial charge on any atom is -0.314 e. The van der Waals surface area contributed by atoms with Crippen molar-refractivity contribution in [1.82, 2.24) is 30.3 Å². The molecule has 28 heavy (non-hydrogen) atoms. The fraction of sp³-hybridized carbons (Fsp3) is 0.200. The number of H-pyrrole nitrogens is 2. The summed E-state index contributed by atoms with van der Waals surface area (Å²) in [4.78, 5) is 19.5. The van der Waals surface area contributed by atoms with Gasteiger partial charge in [-0.05, 0) is 44.4 Å². The van der Waals surface area contributed by atoms with Crippen LogP contribution in [0.3, 0.4) is 0 Å². The van der Waals surface area contributed by atoms with Gasteiger partial charge in [-0.25, -0.2) is 4.98 Å². The monoisotopic (exact) mass is 375 g/mol. The van der Waals surface area contributed by atoms with Crippen LogP contribution in [0.15, 0.2) is 48.8 Å². The van der Waals surface area contributed by atoms with Crippen molar-refractivity contribution < 1.29 is 4.79 Å². The molecule has 8 nitrogen and oxygen atoms in total. The predicted molar refractivity (Wildman–Crippen MR) is 109 cm³/mol. The largest absolute Gasteiger partial charge is 0.314 e. The number of anilines is 1. The minimum atomic E-state index is 0.622. The van der Waals surface area contributed by atoms with Crippen molar-refractivity contribution >= 4 is 23.0 Å². The Morgan fingerprint density at radius 3 is 2.68 bits per heavy atom. The Kier molecular flexibility index (Phi) is 4.86. The lowest BCUT2D eigenvalue weighted by atomic mass is 10.0. The zero-order chi connectivity index (χ0) is 19.5. The maximum atomic E-state index is 11.6. The molecule has 2 aromatic carbocycles. The molecule has 0 spiro atoms. The van der Waals surface area contributed by atoms with Crippen molar-refractivity contribution in [2.24, 2.45) is 0 Å². The Morgan fingerprint density at radius 2 is 1.93 bits per heavy atom. The van der Waals surface area contributed by atoms with Gasteiger partial charge in [-0.1, -0.05) is 12.1 Å². The second-order valence-electron chi connectivity index (χ2n) is 6.82. The van der Waals surface area contributed by atoms with E-state index in [0.29, 0.717) is 12.4 Å². The van der Waals surface area contributed by atoms with Gasteiger partial charge < -0.3 is 9.80 Å². The molecule has 8 heteroatoms. The first-order valence-corrected chi connectivity index (χ1v) is 8.96. The lowest BCUT2D eigenvalue weighted by Crippen LogP contribution is -2.30. The van der Waals surface area contributed by atoms with Gasteiger partial charge in [0, 0.05) is 35.3 Å². The molecule has 4 rings (SSSR count). The van der Waals surface area contributed by atoms with Crippen LogP contribution in [0.25, 0.3) is 33.5 Å². The number of rotatable bonds is 7. The zero-order valence-electron chi connectivity index (χ0n) is 15.8. The Morgan fingerprint density at radius 1 is 1.04 bits per heavy atom. The fourth-order valence-electron chi connectivity index (χ4n) is 3.11. The van der Waals surface area contributed by atoms with E-state index in [4.69, 9.17) is 0 Å². The topological polar surface area (TPSA) is 93.8 Å². The van der Waals surface area contributed by atoms with Gasteiger partial charge in [-0.15, -0.1) is 0 Å². The van der Waals surface area contributed by atoms with Crippen LogP contribution in [0.1, 0.15) is 0 Å². The van der Waals surface area contributed by atoms with E-state index >= 15 is 0 Å². The molecular formula is C20H21N7O. The number of likely N-dealkylation sites (N-methyl/N-ethyl adjacent to an activating group) is 1. The van der Waals surface area contributed by atoms with E-state index in [0.717, 1.165) is 46.4 Å². The van der Waals surface area contributed by atoms with Crippen molar-refractivity contribution in [2.45, 2.75) is 0 Å². The van der Waals surface area contributed by atoms with Crippen LogP contribution in [0.2, 0.25) is 0 Å². The van der Waals surface area contributed by atoms with E-state index in [9.17, 15) is 4.79 Å². The molecule has 0 aliphatic heterocycles. The molecule has 4 aromatic rings. The average molecular weight is 375 g/mol. The van der Waals surface area contributed by atoms with E-state index in [-0.39, 0.29) is 0 Å². The summed E-state index contributed by atoms with van der Waals surface area (Å²) < 4.78 is 0. The van der Waals surface area contributed by atoms with Crippen LogP contribution in [0, 0.1) is 0 Å². The second-order valence-corrected chi connectivity index (χ2v) is 6.82. The van der Waals surface area contributed by atoms with Crippen LogP contribution < -0.4 is 4.90 Å². The molecule has 0 bridgehead atoms. The molecule has 0 aliphatic rings. The molecular weight excluding hydrogens is 354 g/mol. The third-order valence-electron chi connectivity index (χ3n) is 4.62. The molecule has 0 unspecified atom stereocenters. The maximum absolute atomic E-state index is 11.6. The predicted octanol–water partition coefficient (Wildman–Crippen LogP) is 2.54. The van der Waals surface area contributed by atoms with Crippen molar-refractivity contribution in [2.75, 3.05) is 32.1 Å². The Bertz CT molecular complexity index is 1090. The van der Waals surface area contributed by atoms with Crippen molar-refractivity contribution in [3.63, 3.8) is 0 Å². The first-order valence-electron chi connectivity index (χ1n) is 8.96. The number of aromatic nitrogens is 5. The summed E-state index contributed by atoms with van der Waals surface area (Å²) in [5.41, 5.74) is 4.48. The fourth-order valence-corrected chi connectivity index (χ4v) is 3.11. The molecule has 0 atom stereocenters. The lowest BCUT2D eigenvalue weighted by Gasteiger charge is -2.20. The molecule has 0 aliphatic carbocycles. The molecule has 0 fully saturated rings. The highest BCUT2D eigenvalue weighted by atomic mass is 16.1. The second kappa shape index (κ2) is 7.61. The van der Waals surface area contributed by atoms with Gasteiger partial charge in [0.2, 0.25) is 6.41 Å². The molecule has 1 amide bonds. The van der Waals surface area contributed by atoms with E-state index in [1.807, 2.05) is 61.5 Å². The number of nitrogens with one attached hydrogen (secondary N) is 2. The van der Waals surface area contributed by atoms with Crippen molar-refractivity contribution in [3.05, 3.63) is 48.8 Å². The first kappa shape index (κ1) is 17.9. The molecule has 0 radical (unpaired) electrons. The smallest absolute Gasteiger partial charge is 0.214 e. The first-order chi connectivity index (χ1) is 13.7. The van der Waals surface area contributed by atoms with Gasteiger partial charge in [0.25, 0.3) is 0 Å². The Labute approximate surface area is 162 Å². The highest BCUT2D eigenvalue weighted by Crippen LogP contribution is 2.31. The van der Waals surface area contributed by atoms with E-state index < -0.39 is 0 Å². The van der Waals surface area contributed by atoms with Gasteiger partial charge in [0.15, 0.2) is 5.82 Å². The standard InChI is InChI=1S/C20H21N7O/c1-26(2)8-9-27(13-28)16-5-3-4-14(10-16)19-17-11-15(20-21-12-22-25-20)6-7-18(17)23-24-19/h3-7,10-13H,8-9H2,1-2H3,(H,23,24)(H,21,22,25). The Hall–Kier alpha value is -3.52. The van der Waals surface area contributed by atoms with E-state index in [1.165, 1.54) is 6.33 Å². The molecule has 2 heterocycles. The van der Waals surface area contributed by atoms with E-state index in [2.05, 4.69) is 25.4 Å². The van der Waals surface area contributed by atoms with Crippen LogP contribution in [-0.4, -0.2) is 63.9 Å². The minimum absolute atomic E-state index is 0.622. The number of aromatic amines is 2. The highest BCUT2D eigenvalue weighted by Gasteiger charge is 2.13. The molecule has 0 saturated carbocycles. The average Bonchev–Trinajstić information content (AvgIpc) is 3.38. The third-order valence-corrected chi connectivity index (χ3v) is 4.62. The summed E-state index contributed by atoms with van der Waals surface area (Å²) in [7, 11) is 3.97. The van der Waals surface area contributed by atoms with Crippen LogP contribution in [-0.2, 0) is 4.79 Å². The third kappa shape index (κ3) is 3.49. The van der Waals surface area contributed by atoms with Crippen LogP contribution in [0.5, 0.6) is 0 Å². The number of hydrogen-bond donors (Lipinski definition) is 2. The highest BCUT2D eigenvalue weighted by molar-refractivity contribution is 5.96. The quantitative estimate of drug-likeness (QED) is 0.484. The van der Waals surface area contributed by atoms with Crippen LogP contribution in [0.4, 0.5) is 5.69 Å². The lowest BCUT2D eigenvalue weighted by molar-refractivity contribution is -0.107. The summed E-state index contributed by atoms with van der Waals surface area (Å²) in [6.07, 6.45) is 2.36. The number of carbonyl (C=O) groups is 1. The van der Waals surface area contributed by atoms with Gasteiger partial charge in [0.1, 0.15) is 6.33 Å². The SMILES string of the molecule is CN(C)CCN(C=O)c1cccc(-c2n[nH]c3ccc(-c4ncn[nH]4)cc23)c1. The number of fused-ring (bicyclic) bond motifs is 1. The van der Waals surface area contributed by atoms with Crippen molar-refractivity contribution in [3.8, 4) is 22.6 Å². The number of nitrogens with zero attached hydrogens (tertiary/aromatic N) is 5. The summed E-state index contributed by atoms with van der Waals surface area (Å²) in [5.74, 6) is 0.707. The van der Waals surface area contributed by atoms with Crippen LogP contribution >= 0.6 is 0 Å². The van der Waals surface area contributed by atoms with Gasteiger partial charge in [-0.2, -0.15) is 10.2 Å².